The highest BCUT2D eigenvalue weighted by Crippen LogP contribution is 2.28. The standard InChI is InChI=1S/C25H30N4OS/c1-17(2)18-6-5-7-19(14-18)25-27-23(16-31-25)24(30)26-20-8-10-21(11-9-20)29-13-12-22(15-29)28(3)4/h5-11,14,16-17,22H,12-13,15H2,1-4H3,(H,26,30). The number of likely N-dealkylation sites (N-methyl/N-ethyl adjacent to an activating group) is 1. The normalized spacial score (nSPS) is 16.3. The van der Waals surface area contributed by atoms with Crippen molar-refractivity contribution in [1.29, 1.82) is 0 Å². The quantitative estimate of drug-likeness (QED) is 0.570. The Hall–Kier alpha value is -2.70. The molecule has 1 aliphatic rings. The maximum absolute atomic E-state index is 12.7. The lowest BCUT2D eigenvalue weighted by Crippen LogP contribution is -2.31. The first-order valence-electron chi connectivity index (χ1n) is 10.8. The molecule has 162 valence electrons. The Balaban J connectivity index is 1.41. The summed E-state index contributed by atoms with van der Waals surface area (Å²) >= 11 is 1.50. The Bertz CT molecular complexity index is 1040. The van der Waals surface area contributed by atoms with Crippen LogP contribution in [-0.4, -0.2) is 49.0 Å². The van der Waals surface area contributed by atoms with Crippen LogP contribution < -0.4 is 10.2 Å². The second kappa shape index (κ2) is 9.20. The summed E-state index contributed by atoms with van der Waals surface area (Å²) in [5.74, 6) is 0.282. The maximum atomic E-state index is 12.7. The van der Waals surface area contributed by atoms with Gasteiger partial charge in [0.05, 0.1) is 0 Å². The predicted octanol–water partition coefficient (Wildman–Crippen LogP) is 5.33. The van der Waals surface area contributed by atoms with Gasteiger partial charge in [0.15, 0.2) is 0 Å². The number of rotatable bonds is 6. The smallest absolute Gasteiger partial charge is 0.275 e. The van der Waals surface area contributed by atoms with Gasteiger partial charge >= 0.3 is 0 Å². The van der Waals surface area contributed by atoms with Gasteiger partial charge in [-0.05, 0) is 62.3 Å². The van der Waals surface area contributed by atoms with Gasteiger partial charge in [-0.2, -0.15) is 0 Å². The highest BCUT2D eigenvalue weighted by molar-refractivity contribution is 7.13. The van der Waals surface area contributed by atoms with Crippen molar-refractivity contribution in [3.05, 3.63) is 65.2 Å². The fourth-order valence-electron chi connectivity index (χ4n) is 3.89. The minimum Gasteiger partial charge on any atom is -0.370 e. The molecule has 0 spiro atoms. The molecule has 5 nitrogen and oxygen atoms in total. The van der Waals surface area contributed by atoms with Gasteiger partial charge in [-0.25, -0.2) is 4.98 Å². The zero-order chi connectivity index (χ0) is 22.0. The minimum atomic E-state index is -0.177. The van der Waals surface area contributed by atoms with E-state index in [1.54, 1.807) is 0 Å². The highest BCUT2D eigenvalue weighted by Gasteiger charge is 2.24. The number of hydrogen-bond donors (Lipinski definition) is 1. The SMILES string of the molecule is CC(C)c1cccc(-c2nc(C(=O)Nc3ccc(N4CCC(N(C)C)C4)cc3)cs2)c1. The summed E-state index contributed by atoms with van der Waals surface area (Å²) in [5, 5.41) is 5.67. The van der Waals surface area contributed by atoms with E-state index < -0.39 is 0 Å². The van der Waals surface area contributed by atoms with Crippen LogP contribution in [0.4, 0.5) is 11.4 Å². The fourth-order valence-corrected chi connectivity index (χ4v) is 4.69. The Labute approximate surface area is 188 Å². The van der Waals surface area contributed by atoms with Gasteiger partial charge in [-0.3, -0.25) is 4.79 Å². The molecule has 3 aromatic rings. The molecule has 2 aromatic carbocycles. The van der Waals surface area contributed by atoms with Crippen molar-refractivity contribution in [2.75, 3.05) is 37.4 Å². The zero-order valence-electron chi connectivity index (χ0n) is 18.6. The number of benzene rings is 2. The van der Waals surface area contributed by atoms with Crippen LogP contribution in [0.5, 0.6) is 0 Å². The molecule has 6 heteroatoms. The Morgan fingerprint density at radius 3 is 2.65 bits per heavy atom. The van der Waals surface area contributed by atoms with E-state index in [9.17, 15) is 4.79 Å². The van der Waals surface area contributed by atoms with Gasteiger partial charge in [0.2, 0.25) is 0 Å². The molecule has 2 heterocycles. The van der Waals surface area contributed by atoms with Crippen molar-refractivity contribution >= 4 is 28.6 Å². The molecule has 0 radical (unpaired) electrons. The summed E-state index contributed by atoms with van der Waals surface area (Å²) < 4.78 is 0. The van der Waals surface area contributed by atoms with Crippen LogP contribution >= 0.6 is 11.3 Å². The van der Waals surface area contributed by atoms with Crippen molar-refractivity contribution in [3.8, 4) is 10.6 Å². The molecule has 0 aliphatic carbocycles. The number of anilines is 2. The summed E-state index contributed by atoms with van der Waals surface area (Å²) in [6, 6.07) is 17.1. The van der Waals surface area contributed by atoms with E-state index >= 15 is 0 Å². The summed E-state index contributed by atoms with van der Waals surface area (Å²) in [5.41, 5.74) is 4.76. The van der Waals surface area contributed by atoms with E-state index in [0.717, 1.165) is 29.3 Å². The Kier molecular flexibility index (Phi) is 6.39. The molecule has 1 atom stereocenters. The molecule has 0 bridgehead atoms. The number of thiazole rings is 1. The van der Waals surface area contributed by atoms with Gasteiger partial charge in [-0.1, -0.05) is 32.0 Å². The summed E-state index contributed by atoms with van der Waals surface area (Å²) in [6.07, 6.45) is 1.18. The summed E-state index contributed by atoms with van der Waals surface area (Å²) in [7, 11) is 4.27. The molecule has 1 unspecified atom stereocenters. The Morgan fingerprint density at radius 2 is 1.97 bits per heavy atom. The van der Waals surface area contributed by atoms with Gasteiger partial charge < -0.3 is 15.1 Å². The molecular weight excluding hydrogens is 404 g/mol. The molecular formula is C25H30N4OS. The lowest BCUT2D eigenvalue weighted by atomic mass is 10.0. The van der Waals surface area contributed by atoms with E-state index in [1.807, 2.05) is 23.6 Å². The van der Waals surface area contributed by atoms with Crippen LogP contribution in [0.1, 0.15) is 42.2 Å². The lowest BCUT2D eigenvalue weighted by molar-refractivity contribution is 0.102. The van der Waals surface area contributed by atoms with Crippen LogP contribution in [-0.2, 0) is 0 Å². The molecule has 1 aromatic heterocycles. The molecule has 1 N–H and O–H groups in total. The van der Waals surface area contributed by atoms with E-state index in [-0.39, 0.29) is 5.91 Å². The van der Waals surface area contributed by atoms with Gasteiger partial charge in [0.25, 0.3) is 5.91 Å². The van der Waals surface area contributed by atoms with Crippen molar-refractivity contribution in [3.63, 3.8) is 0 Å². The number of amides is 1. The fraction of sp³-hybridized carbons (Fsp3) is 0.360. The topological polar surface area (TPSA) is 48.5 Å². The maximum Gasteiger partial charge on any atom is 0.275 e. The highest BCUT2D eigenvalue weighted by atomic mass is 32.1. The van der Waals surface area contributed by atoms with E-state index in [4.69, 9.17) is 0 Å². The molecule has 1 amide bonds. The number of aromatic nitrogens is 1. The van der Waals surface area contributed by atoms with Crippen LogP contribution in [0.2, 0.25) is 0 Å². The van der Waals surface area contributed by atoms with Crippen molar-refractivity contribution < 1.29 is 4.79 Å². The molecule has 1 aliphatic heterocycles. The summed E-state index contributed by atoms with van der Waals surface area (Å²) in [6.45, 7) is 6.46. The van der Waals surface area contributed by atoms with Crippen molar-refractivity contribution in [2.45, 2.75) is 32.2 Å². The molecule has 4 rings (SSSR count). The van der Waals surface area contributed by atoms with Crippen molar-refractivity contribution in [1.82, 2.24) is 9.88 Å². The molecule has 1 fully saturated rings. The largest absolute Gasteiger partial charge is 0.370 e. The van der Waals surface area contributed by atoms with Gasteiger partial charge in [0.1, 0.15) is 10.7 Å². The van der Waals surface area contributed by atoms with E-state index in [2.05, 4.69) is 78.4 Å². The third-order valence-electron chi connectivity index (χ3n) is 5.92. The first-order chi connectivity index (χ1) is 14.9. The van der Waals surface area contributed by atoms with Gasteiger partial charge in [0, 0.05) is 41.4 Å². The van der Waals surface area contributed by atoms with Crippen molar-refractivity contribution in [2.24, 2.45) is 0 Å². The zero-order valence-corrected chi connectivity index (χ0v) is 19.4. The average molecular weight is 435 g/mol. The first-order valence-corrected chi connectivity index (χ1v) is 11.7. The van der Waals surface area contributed by atoms with Crippen LogP contribution in [0, 0.1) is 0 Å². The minimum absolute atomic E-state index is 0.177. The van der Waals surface area contributed by atoms with Crippen LogP contribution in [0.3, 0.4) is 0 Å². The van der Waals surface area contributed by atoms with Crippen LogP contribution in [0.25, 0.3) is 10.6 Å². The number of carbonyl (C=O) groups is 1. The number of nitrogens with zero attached hydrogens (tertiary/aromatic N) is 3. The second-order valence-corrected chi connectivity index (χ2v) is 9.53. The lowest BCUT2D eigenvalue weighted by Gasteiger charge is -2.22. The molecule has 0 saturated carbocycles. The molecule has 31 heavy (non-hydrogen) atoms. The third-order valence-corrected chi connectivity index (χ3v) is 6.81. The number of hydrogen-bond acceptors (Lipinski definition) is 5. The molecule has 1 saturated heterocycles. The summed E-state index contributed by atoms with van der Waals surface area (Å²) in [4.78, 5) is 22.0. The first kappa shape index (κ1) is 21.5. The third kappa shape index (κ3) is 4.97. The number of carbonyl (C=O) groups excluding carboxylic acids is 1. The van der Waals surface area contributed by atoms with Crippen LogP contribution in [0.15, 0.2) is 53.9 Å². The second-order valence-electron chi connectivity index (χ2n) is 8.67. The Morgan fingerprint density at radius 1 is 1.19 bits per heavy atom. The number of nitrogens with one attached hydrogen (secondary N) is 1. The monoisotopic (exact) mass is 434 g/mol. The van der Waals surface area contributed by atoms with Gasteiger partial charge in [-0.15, -0.1) is 11.3 Å². The van der Waals surface area contributed by atoms with E-state index in [1.165, 1.54) is 29.0 Å². The van der Waals surface area contributed by atoms with E-state index in [0.29, 0.717) is 17.7 Å². The predicted molar refractivity (Wildman–Crippen MR) is 130 cm³/mol. The average Bonchev–Trinajstić information content (AvgIpc) is 3.45.